The number of nitriles is 1. The summed E-state index contributed by atoms with van der Waals surface area (Å²) in [7, 11) is 0. The topological polar surface area (TPSA) is 74.2 Å². The van der Waals surface area contributed by atoms with Gasteiger partial charge in [0.15, 0.2) is 5.96 Å². The van der Waals surface area contributed by atoms with E-state index in [9.17, 15) is 0 Å². The smallest absolute Gasteiger partial charge is 0.189 e. The third-order valence-corrected chi connectivity index (χ3v) is 1.99. The Morgan fingerprint density at radius 3 is 2.76 bits per heavy atom. The Kier molecular flexibility index (Phi) is 4.11. The molecule has 4 heteroatoms. The average molecular weight is 230 g/mol. The van der Waals surface area contributed by atoms with E-state index >= 15 is 0 Å². The Morgan fingerprint density at radius 2 is 2.18 bits per heavy atom. The third kappa shape index (κ3) is 5.03. The van der Waals surface area contributed by atoms with Crippen LogP contribution in [0.3, 0.4) is 0 Å². The third-order valence-electron chi connectivity index (χ3n) is 1.99. The maximum atomic E-state index is 8.77. The van der Waals surface area contributed by atoms with Gasteiger partial charge in [0.25, 0.3) is 0 Å². The summed E-state index contributed by atoms with van der Waals surface area (Å²) in [6, 6.07) is 9.45. The highest BCUT2D eigenvalue weighted by molar-refractivity contribution is 5.78. The SMILES string of the molecule is CC(C)(C)NC(N)=NCc1cccc(C#N)c1. The first kappa shape index (κ1) is 13.0. The largest absolute Gasteiger partial charge is 0.370 e. The Bertz CT molecular complexity index is 449. The molecule has 0 heterocycles. The molecule has 1 rings (SSSR count). The summed E-state index contributed by atoms with van der Waals surface area (Å²) >= 11 is 0. The molecule has 0 fully saturated rings. The number of nitrogens with two attached hydrogens (primary N) is 1. The van der Waals surface area contributed by atoms with E-state index in [1.165, 1.54) is 0 Å². The average Bonchev–Trinajstić information content (AvgIpc) is 2.24. The predicted octanol–water partition coefficient (Wildman–Crippen LogP) is 1.76. The maximum Gasteiger partial charge on any atom is 0.189 e. The van der Waals surface area contributed by atoms with Crippen LogP contribution in [0.4, 0.5) is 0 Å². The van der Waals surface area contributed by atoms with Gasteiger partial charge in [-0.1, -0.05) is 12.1 Å². The van der Waals surface area contributed by atoms with Gasteiger partial charge in [0.05, 0.1) is 18.2 Å². The van der Waals surface area contributed by atoms with Crippen LogP contribution in [-0.2, 0) is 6.54 Å². The van der Waals surface area contributed by atoms with Crippen molar-refractivity contribution in [2.75, 3.05) is 0 Å². The van der Waals surface area contributed by atoms with E-state index in [-0.39, 0.29) is 5.54 Å². The molecular formula is C13H18N4. The van der Waals surface area contributed by atoms with Gasteiger partial charge in [-0.15, -0.1) is 0 Å². The highest BCUT2D eigenvalue weighted by atomic mass is 15.1. The van der Waals surface area contributed by atoms with Crippen LogP contribution in [-0.4, -0.2) is 11.5 Å². The van der Waals surface area contributed by atoms with Crippen LogP contribution >= 0.6 is 0 Å². The standard InChI is InChI=1S/C13H18N4/c1-13(2,3)17-12(15)16-9-11-6-4-5-10(7-11)8-14/h4-7H,9H2,1-3H3,(H3,15,16,17). The van der Waals surface area contributed by atoms with Gasteiger partial charge in [-0.3, -0.25) is 0 Å². The number of aliphatic imine (C=N–C) groups is 1. The van der Waals surface area contributed by atoms with Crippen molar-refractivity contribution in [3.05, 3.63) is 35.4 Å². The first-order valence-corrected chi connectivity index (χ1v) is 5.48. The lowest BCUT2D eigenvalue weighted by atomic mass is 10.1. The Morgan fingerprint density at radius 1 is 1.47 bits per heavy atom. The van der Waals surface area contributed by atoms with Crippen LogP contribution in [0.15, 0.2) is 29.3 Å². The Labute approximate surface area is 102 Å². The fourth-order valence-corrected chi connectivity index (χ4v) is 1.34. The van der Waals surface area contributed by atoms with Crippen LogP contribution in [0.1, 0.15) is 31.9 Å². The maximum absolute atomic E-state index is 8.77. The number of hydrogen-bond donors (Lipinski definition) is 2. The first-order chi connectivity index (χ1) is 7.90. The molecule has 0 aliphatic heterocycles. The number of guanidine groups is 1. The minimum Gasteiger partial charge on any atom is -0.370 e. The number of rotatable bonds is 2. The molecule has 1 aromatic rings. The molecule has 0 saturated heterocycles. The molecule has 3 N–H and O–H groups in total. The quantitative estimate of drug-likeness (QED) is 0.600. The Balaban J connectivity index is 2.66. The lowest BCUT2D eigenvalue weighted by molar-refractivity contribution is 0.508. The van der Waals surface area contributed by atoms with Crippen molar-refractivity contribution < 1.29 is 0 Å². The van der Waals surface area contributed by atoms with Gasteiger partial charge >= 0.3 is 0 Å². The van der Waals surface area contributed by atoms with Gasteiger partial charge in [-0.05, 0) is 38.5 Å². The number of nitrogens with zero attached hydrogens (tertiary/aromatic N) is 2. The van der Waals surface area contributed by atoms with E-state index in [1.54, 1.807) is 6.07 Å². The second-order valence-electron chi connectivity index (χ2n) is 4.89. The molecule has 1 aromatic carbocycles. The van der Waals surface area contributed by atoms with E-state index in [1.807, 2.05) is 39.0 Å². The molecule has 90 valence electrons. The fourth-order valence-electron chi connectivity index (χ4n) is 1.34. The van der Waals surface area contributed by atoms with Gasteiger partial charge < -0.3 is 11.1 Å². The van der Waals surface area contributed by atoms with Gasteiger partial charge in [0, 0.05) is 5.54 Å². The van der Waals surface area contributed by atoms with Gasteiger partial charge in [-0.2, -0.15) is 5.26 Å². The number of hydrogen-bond acceptors (Lipinski definition) is 2. The summed E-state index contributed by atoms with van der Waals surface area (Å²) < 4.78 is 0. The molecule has 4 nitrogen and oxygen atoms in total. The normalized spacial score (nSPS) is 12.0. The van der Waals surface area contributed by atoms with E-state index in [0.717, 1.165) is 5.56 Å². The zero-order chi connectivity index (χ0) is 12.9. The molecule has 0 unspecified atom stereocenters. The van der Waals surface area contributed by atoms with Crippen molar-refractivity contribution in [1.29, 1.82) is 5.26 Å². The van der Waals surface area contributed by atoms with E-state index < -0.39 is 0 Å². The van der Waals surface area contributed by atoms with Crippen molar-refractivity contribution in [3.63, 3.8) is 0 Å². The number of nitrogens with one attached hydrogen (secondary N) is 1. The van der Waals surface area contributed by atoms with Crippen LogP contribution in [0.5, 0.6) is 0 Å². The van der Waals surface area contributed by atoms with Crippen LogP contribution < -0.4 is 11.1 Å². The van der Waals surface area contributed by atoms with Crippen molar-refractivity contribution in [2.24, 2.45) is 10.7 Å². The second-order valence-corrected chi connectivity index (χ2v) is 4.89. The molecule has 17 heavy (non-hydrogen) atoms. The summed E-state index contributed by atoms with van der Waals surface area (Å²) in [5.41, 5.74) is 7.27. The van der Waals surface area contributed by atoms with E-state index in [4.69, 9.17) is 11.0 Å². The Hall–Kier alpha value is -2.02. The summed E-state index contributed by atoms with van der Waals surface area (Å²) in [4.78, 5) is 4.23. The molecule has 0 spiro atoms. The van der Waals surface area contributed by atoms with Gasteiger partial charge in [0.2, 0.25) is 0 Å². The highest BCUT2D eigenvalue weighted by Gasteiger charge is 2.09. The summed E-state index contributed by atoms with van der Waals surface area (Å²) in [6.07, 6.45) is 0. The molecule has 0 atom stereocenters. The van der Waals surface area contributed by atoms with Crippen LogP contribution in [0.2, 0.25) is 0 Å². The molecular weight excluding hydrogens is 212 g/mol. The molecule has 0 saturated carbocycles. The minimum absolute atomic E-state index is 0.0952. The molecule has 0 aromatic heterocycles. The molecule has 0 amide bonds. The van der Waals surface area contributed by atoms with Crippen molar-refractivity contribution in [3.8, 4) is 6.07 Å². The zero-order valence-electron chi connectivity index (χ0n) is 10.5. The van der Waals surface area contributed by atoms with E-state index in [0.29, 0.717) is 18.1 Å². The second kappa shape index (κ2) is 5.35. The minimum atomic E-state index is -0.0952. The molecule has 0 bridgehead atoms. The summed E-state index contributed by atoms with van der Waals surface area (Å²) in [5, 5.41) is 11.9. The lowest BCUT2D eigenvalue weighted by Crippen LogP contribution is -2.44. The molecule has 0 aliphatic carbocycles. The highest BCUT2D eigenvalue weighted by Crippen LogP contribution is 2.05. The van der Waals surface area contributed by atoms with Crippen molar-refractivity contribution in [1.82, 2.24) is 5.32 Å². The molecule has 0 aliphatic rings. The van der Waals surface area contributed by atoms with Gasteiger partial charge in [0.1, 0.15) is 0 Å². The predicted molar refractivity (Wildman–Crippen MR) is 69.4 cm³/mol. The summed E-state index contributed by atoms with van der Waals surface area (Å²) in [6.45, 7) is 6.54. The lowest BCUT2D eigenvalue weighted by Gasteiger charge is -2.20. The number of benzene rings is 1. The summed E-state index contributed by atoms with van der Waals surface area (Å²) in [5.74, 6) is 0.417. The van der Waals surface area contributed by atoms with Crippen molar-refractivity contribution >= 4 is 5.96 Å². The van der Waals surface area contributed by atoms with Gasteiger partial charge in [-0.25, -0.2) is 4.99 Å². The monoisotopic (exact) mass is 230 g/mol. The zero-order valence-corrected chi connectivity index (χ0v) is 10.5. The van der Waals surface area contributed by atoms with Crippen LogP contribution in [0.25, 0.3) is 0 Å². The molecule has 0 radical (unpaired) electrons. The first-order valence-electron chi connectivity index (χ1n) is 5.48. The fraction of sp³-hybridized carbons (Fsp3) is 0.385. The van der Waals surface area contributed by atoms with E-state index in [2.05, 4.69) is 16.4 Å². The van der Waals surface area contributed by atoms with Crippen molar-refractivity contribution in [2.45, 2.75) is 32.9 Å². The van der Waals surface area contributed by atoms with Crippen LogP contribution in [0, 0.1) is 11.3 Å².